The largest absolute Gasteiger partial charge is 0.371 e. The zero-order chi connectivity index (χ0) is 17.1. The van der Waals surface area contributed by atoms with Gasteiger partial charge in [-0.05, 0) is 19.3 Å². The quantitative estimate of drug-likeness (QED) is 0.763. The fourth-order valence-corrected chi connectivity index (χ4v) is 3.54. The van der Waals surface area contributed by atoms with Crippen LogP contribution in [0.1, 0.15) is 25.1 Å². The van der Waals surface area contributed by atoms with Crippen LogP contribution in [0.4, 0.5) is 0 Å². The highest BCUT2D eigenvalue weighted by molar-refractivity contribution is 5.76. The van der Waals surface area contributed by atoms with E-state index in [1.165, 1.54) is 0 Å². The molecule has 3 heterocycles. The van der Waals surface area contributed by atoms with Crippen LogP contribution >= 0.6 is 0 Å². The van der Waals surface area contributed by atoms with Crippen LogP contribution in [0.15, 0.2) is 12.4 Å². The van der Waals surface area contributed by atoms with E-state index in [1.54, 1.807) is 19.0 Å². The summed E-state index contributed by atoms with van der Waals surface area (Å²) in [4.78, 5) is 20.0. The third-order valence-corrected chi connectivity index (χ3v) is 5.04. The SMILES string of the molecule is CN(C)C(=O)COC[C@@H]1CC[C@@H]2[C@@H](CCN2Cc2nccn2C)O1. The van der Waals surface area contributed by atoms with Crippen molar-refractivity contribution in [3.63, 3.8) is 0 Å². The number of hydrogen-bond acceptors (Lipinski definition) is 5. The van der Waals surface area contributed by atoms with Gasteiger partial charge in [-0.3, -0.25) is 9.69 Å². The van der Waals surface area contributed by atoms with Gasteiger partial charge >= 0.3 is 0 Å². The standard InChI is InChI=1S/C17H28N4O3/c1-19(2)17(22)12-23-11-13-4-5-14-15(24-13)6-8-21(14)10-16-18-7-9-20(16)3/h7,9,13-15H,4-6,8,10-12H2,1-3H3/t13-,14+,15+/m0/s1. The normalized spacial score (nSPS) is 27.2. The Morgan fingerprint density at radius 3 is 2.96 bits per heavy atom. The van der Waals surface area contributed by atoms with Crippen LogP contribution in [-0.4, -0.2) is 77.4 Å². The zero-order valence-corrected chi connectivity index (χ0v) is 14.9. The van der Waals surface area contributed by atoms with E-state index in [1.807, 2.05) is 19.4 Å². The Hall–Kier alpha value is -1.44. The molecule has 2 saturated heterocycles. The summed E-state index contributed by atoms with van der Waals surface area (Å²) in [5.74, 6) is 1.09. The number of aryl methyl sites for hydroxylation is 1. The van der Waals surface area contributed by atoms with Crippen molar-refractivity contribution in [3.05, 3.63) is 18.2 Å². The van der Waals surface area contributed by atoms with Gasteiger partial charge in [-0.1, -0.05) is 0 Å². The van der Waals surface area contributed by atoms with E-state index in [9.17, 15) is 4.79 Å². The van der Waals surface area contributed by atoms with Crippen LogP contribution in [0, 0.1) is 0 Å². The number of hydrogen-bond donors (Lipinski definition) is 0. The molecule has 3 rings (SSSR count). The van der Waals surface area contributed by atoms with Gasteiger partial charge in [0.05, 0.1) is 25.4 Å². The first-order chi connectivity index (χ1) is 11.5. The molecule has 0 bridgehead atoms. The molecule has 134 valence electrons. The third kappa shape index (κ3) is 3.96. The summed E-state index contributed by atoms with van der Waals surface area (Å²) in [5.41, 5.74) is 0. The van der Waals surface area contributed by atoms with E-state index in [-0.39, 0.29) is 24.7 Å². The predicted molar refractivity (Wildman–Crippen MR) is 89.4 cm³/mol. The predicted octanol–water partition coefficient (Wildman–Crippen LogP) is 0.647. The molecule has 0 N–H and O–H groups in total. The molecule has 7 nitrogen and oxygen atoms in total. The van der Waals surface area contributed by atoms with Gasteiger partial charge in [-0.15, -0.1) is 0 Å². The Kier molecular flexibility index (Phi) is 5.53. The average Bonchev–Trinajstić information content (AvgIpc) is 3.14. The number of nitrogens with zero attached hydrogens (tertiary/aromatic N) is 4. The second-order valence-electron chi connectivity index (χ2n) is 6.96. The van der Waals surface area contributed by atoms with Gasteiger partial charge in [-0.2, -0.15) is 0 Å². The minimum absolute atomic E-state index is 0.00852. The summed E-state index contributed by atoms with van der Waals surface area (Å²) < 4.78 is 13.8. The molecule has 1 aromatic heterocycles. The first-order valence-corrected chi connectivity index (χ1v) is 8.68. The molecule has 2 aliphatic heterocycles. The van der Waals surface area contributed by atoms with Gasteiger partial charge in [-0.25, -0.2) is 4.98 Å². The topological polar surface area (TPSA) is 59.8 Å². The number of ether oxygens (including phenoxy) is 2. The van der Waals surface area contributed by atoms with Gasteiger partial charge in [0, 0.05) is 46.1 Å². The number of likely N-dealkylation sites (N-methyl/N-ethyl adjacent to an activating group) is 1. The maximum atomic E-state index is 11.5. The Labute approximate surface area is 143 Å². The molecule has 2 aliphatic rings. The lowest BCUT2D eigenvalue weighted by Gasteiger charge is -2.35. The summed E-state index contributed by atoms with van der Waals surface area (Å²) in [6, 6.07) is 0.473. The zero-order valence-electron chi connectivity index (χ0n) is 14.9. The fourth-order valence-electron chi connectivity index (χ4n) is 3.54. The van der Waals surface area contributed by atoms with E-state index in [0.717, 1.165) is 38.2 Å². The third-order valence-electron chi connectivity index (χ3n) is 5.04. The summed E-state index contributed by atoms with van der Waals surface area (Å²) in [5, 5.41) is 0. The molecule has 0 aromatic carbocycles. The van der Waals surface area contributed by atoms with Crippen LogP contribution in [0.3, 0.4) is 0 Å². The second kappa shape index (κ2) is 7.63. The molecular formula is C17H28N4O3. The molecule has 7 heteroatoms. The Bertz CT molecular complexity index is 560. The maximum absolute atomic E-state index is 11.5. The number of fused-ring (bicyclic) bond motifs is 1. The minimum Gasteiger partial charge on any atom is -0.371 e. The molecule has 3 atom stereocenters. The van der Waals surface area contributed by atoms with Crippen molar-refractivity contribution in [1.82, 2.24) is 19.4 Å². The molecule has 0 spiro atoms. The molecule has 2 fully saturated rings. The van der Waals surface area contributed by atoms with Crippen molar-refractivity contribution in [2.75, 3.05) is 33.9 Å². The molecular weight excluding hydrogens is 308 g/mol. The first-order valence-electron chi connectivity index (χ1n) is 8.68. The summed E-state index contributed by atoms with van der Waals surface area (Å²) >= 11 is 0. The number of carbonyl (C=O) groups is 1. The lowest BCUT2D eigenvalue weighted by Crippen LogP contribution is -2.44. The fraction of sp³-hybridized carbons (Fsp3) is 0.765. The maximum Gasteiger partial charge on any atom is 0.248 e. The number of likely N-dealkylation sites (tertiary alicyclic amines) is 1. The Morgan fingerprint density at radius 2 is 2.25 bits per heavy atom. The molecule has 0 aliphatic carbocycles. The average molecular weight is 336 g/mol. The van der Waals surface area contributed by atoms with Gasteiger partial charge < -0.3 is 18.9 Å². The van der Waals surface area contributed by atoms with Gasteiger partial charge in [0.25, 0.3) is 0 Å². The smallest absolute Gasteiger partial charge is 0.248 e. The van der Waals surface area contributed by atoms with Gasteiger partial charge in [0.1, 0.15) is 12.4 Å². The van der Waals surface area contributed by atoms with E-state index >= 15 is 0 Å². The number of carbonyl (C=O) groups excluding carboxylic acids is 1. The summed E-state index contributed by atoms with van der Waals surface area (Å²) in [6.07, 6.45) is 7.37. The van der Waals surface area contributed by atoms with Crippen molar-refractivity contribution < 1.29 is 14.3 Å². The van der Waals surface area contributed by atoms with E-state index in [0.29, 0.717) is 12.6 Å². The number of rotatable bonds is 6. The van der Waals surface area contributed by atoms with Crippen LogP contribution in [0.2, 0.25) is 0 Å². The van der Waals surface area contributed by atoms with Gasteiger partial charge in [0.2, 0.25) is 5.91 Å². The molecule has 0 radical (unpaired) electrons. The van der Waals surface area contributed by atoms with E-state index in [4.69, 9.17) is 9.47 Å². The molecule has 24 heavy (non-hydrogen) atoms. The summed E-state index contributed by atoms with van der Waals surface area (Å²) in [7, 11) is 5.51. The lowest BCUT2D eigenvalue weighted by atomic mass is 9.99. The number of imidazole rings is 1. The molecule has 0 unspecified atom stereocenters. The monoisotopic (exact) mass is 336 g/mol. The van der Waals surface area contributed by atoms with Crippen molar-refractivity contribution in [1.29, 1.82) is 0 Å². The number of amides is 1. The minimum atomic E-state index is -0.00852. The molecule has 1 amide bonds. The van der Waals surface area contributed by atoms with Crippen molar-refractivity contribution in [2.24, 2.45) is 7.05 Å². The van der Waals surface area contributed by atoms with Crippen LogP contribution in [-0.2, 0) is 27.9 Å². The summed E-state index contributed by atoms with van der Waals surface area (Å²) in [6.45, 7) is 2.57. The van der Waals surface area contributed by atoms with E-state index in [2.05, 4.69) is 14.5 Å². The van der Waals surface area contributed by atoms with Crippen LogP contribution in [0.25, 0.3) is 0 Å². The highest BCUT2D eigenvalue weighted by atomic mass is 16.5. The lowest BCUT2D eigenvalue weighted by molar-refractivity contribution is -0.138. The van der Waals surface area contributed by atoms with E-state index < -0.39 is 0 Å². The Balaban J connectivity index is 1.45. The van der Waals surface area contributed by atoms with Crippen molar-refractivity contribution in [3.8, 4) is 0 Å². The van der Waals surface area contributed by atoms with Gasteiger partial charge in [0.15, 0.2) is 0 Å². The first kappa shape index (κ1) is 17.4. The molecule has 0 saturated carbocycles. The van der Waals surface area contributed by atoms with Crippen LogP contribution < -0.4 is 0 Å². The van der Waals surface area contributed by atoms with Crippen molar-refractivity contribution in [2.45, 2.75) is 44.1 Å². The highest BCUT2D eigenvalue weighted by Crippen LogP contribution is 2.32. The highest BCUT2D eigenvalue weighted by Gasteiger charge is 2.40. The molecule has 1 aromatic rings. The second-order valence-corrected chi connectivity index (χ2v) is 6.96. The Morgan fingerprint density at radius 1 is 1.42 bits per heavy atom. The van der Waals surface area contributed by atoms with Crippen LogP contribution in [0.5, 0.6) is 0 Å². The van der Waals surface area contributed by atoms with Crippen molar-refractivity contribution >= 4 is 5.91 Å². The number of aromatic nitrogens is 2.